The Bertz CT molecular complexity index is 389. The molecule has 1 aliphatic rings. The van der Waals surface area contributed by atoms with Crippen LogP contribution in [0, 0.1) is 5.82 Å². The van der Waals surface area contributed by atoms with Gasteiger partial charge in [-0.1, -0.05) is 15.9 Å². The molecule has 0 radical (unpaired) electrons. The predicted octanol–water partition coefficient (Wildman–Crippen LogP) is 2.33. The van der Waals surface area contributed by atoms with Crippen molar-refractivity contribution in [3.05, 3.63) is 28.5 Å². The van der Waals surface area contributed by atoms with E-state index in [4.69, 9.17) is 4.74 Å². The number of hydrogen-bond acceptors (Lipinski definition) is 3. The first-order valence-electron chi connectivity index (χ1n) is 5.64. The van der Waals surface area contributed by atoms with Crippen molar-refractivity contribution in [2.45, 2.75) is 6.10 Å². The Balaban J connectivity index is 1.88. The summed E-state index contributed by atoms with van der Waals surface area (Å²) in [5.74, 6) is -0.247. The van der Waals surface area contributed by atoms with Gasteiger partial charge in [0.05, 0.1) is 18.4 Å². The number of morpholine rings is 1. The van der Waals surface area contributed by atoms with Gasteiger partial charge in [-0.15, -0.1) is 0 Å². The summed E-state index contributed by atoms with van der Waals surface area (Å²) in [6, 6.07) is 5.00. The van der Waals surface area contributed by atoms with Crippen LogP contribution in [0.3, 0.4) is 0 Å². The lowest BCUT2D eigenvalue weighted by atomic mass is 10.2. The zero-order valence-electron chi connectivity index (χ0n) is 9.75. The maximum atomic E-state index is 13.5. The van der Waals surface area contributed by atoms with Crippen molar-refractivity contribution in [1.29, 1.82) is 0 Å². The first kappa shape index (κ1) is 12.8. The van der Waals surface area contributed by atoms with Gasteiger partial charge in [0.2, 0.25) is 0 Å². The van der Waals surface area contributed by atoms with Gasteiger partial charge in [0.25, 0.3) is 0 Å². The lowest BCUT2D eigenvalue weighted by molar-refractivity contribution is -0.0117. The zero-order chi connectivity index (χ0) is 12.3. The van der Waals surface area contributed by atoms with Crippen LogP contribution >= 0.6 is 15.9 Å². The smallest absolute Gasteiger partial charge is 0.147 e. The third kappa shape index (κ3) is 3.66. The minimum absolute atomic E-state index is 0.122. The minimum atomic E-state index is -0.247. The van der Waals surface area contributed by atoms with Crippen LogP contribution in [0.5, 0.6) is 0 Å². The summed E-state index contributed by atoms with van der Waals surface area (Å²) in [5.41, 5.74) is 0.519. The lowest BCUT2D eigenvalue weighted by Crippen LogP contribution is -2.43. The molecule has 0 amide bonds. The molecule has 94 valence electrons. The SMILES string of the molecule is CN1CCOC(CNc2ccc(Br)cc2F)C1. The second-order valence-corrected chi connectivity index (χ2v) is 5.18. The summed E-state index contributed by atoms with van der Waals surface area (Å²) in [5, 5.41) is 3.08. The molecule has 0 aliphatic carbocycles. The third-order valence-electron chi connectivity index (χ3n) is 2.79. The van der Waals surface area contributed by atoms with Gasteiger partial charge in [0.15, 0.2) is 0 Å². The summed E-state index contributed by atoms with van der Waals surface area (Å²) < 4.78 is 19.9. The fraction of sp³-hybridized carbons (Fsp3) is 0.500. The third-order valence-corrected chi connectivity index (χ3v) is 3.29. The molecule has 17 heavy (non-hydrogen) atoms. The number of hydrogen-bond donors (Lipinski definition) is 1. The Kier molecular flexibility index (Phi) is 4.36. The second-order valence-electron chi connectivity index (χ2n) is 4.26. The Morgan fingerprint density at radius 2 is 2.41 bits per heavy atom. The molecule has 0 saturated carbocycles. The van der Waals surface area contributed by atoms with Crippen molar-refractivity contribution in [3.8, 4) is 0 Å². The molecule has 1 atom stereocenters. The van der Waals surface area contributed by atoms with Crippen LogP contribution in [0.25, 0.3) is 0 Å². The van der Waals surface area contributed by atoms with E-state index in [-0.39, 0.29) is 11.9 Å². The number of likely N-dealkylation sites (N-methyl/N-ethyl adjacent to an activating group) is 1. The highest BCUT2D eigenvalue weighted by molar-refractivity contribution is 9.10. The largest absolute Gasteiger partial charge is 0.380 e. The van der Waals surface area contributed by atoms with Crippen LogP contribution in [-0.2, 0) is 4.74 Å². The summed E-state index contributed by atoms with van der Waals surface area (Å²) in [4.78, 5) is 2.22. The summed E-state index contributed by atoms with van der Waals surface area (Å²) in [7, 11) is 2.07. The van der Waals surface area contributed by atoms with Crippen LogP contribution in [0.15, 0.2) is 22.7 Å². The van der Waals surface area contributed by atoms with E-state index in [1.807, 2.05) is 6.07 Å². The molecule has 3 nitrogen and oxygen atoms in total. The number of nitrogens with zero attached hydrogens (tertiary/aromatic N) is 1. The number of ether oxygens (including phenoxy) is 1. The molecule has 1 N–H and O–H groups in total. The normalized spacial score (nSPS) is 21.5. The maximum Gasteiger partial charge on any atom is 0.147 e. The van der Waals surface area contributed by atoms with E-state index in [0.29, 0.717) is 12.2 Å². The predicted molar refractivity (Wildman–Crippen MR) is 69.8 cm³/mol. The van der Waals surface area contributed by atoms with Gasteiger partial charge in [0, 0.05) is 24.1 Å². The van der Waals surface area contributed by atoms with Crippen molar-refractivity contribution in [2.75, 3.05) is 38.6 Å². The second kappa shape index (κ2) is 5.80. The van der Waals surface area contributed by atoms with Crippen LogP contribution in [0.2, 0.25) is 0 Å². The molecule has 1 aromatic carbocycles. The van der Waals surface area contributed by atoms with E-state index >= 15 is 0 Å². The van der Waals surface area contributed by atoms with Crippen molar-refractivity contribution in [2.24, 2.45) is 0 Å². The molecule has 0 bridgehead atoms. The van der Waals surface area contributed by atoms with Gasteiger partial charge in [-0.25, -0.2) is 4.39 Å². The first-order chi connectivity index (χ1) is 8.15. The van der Waals surface area contributed by atoms with Crippen molar-refractivity contribution in [1.82, 2.24) is 4.90 Å². The average molecular weight is 303 g/mol. The van der Waals surface area contributed by atoms with E-state index in [1.54, 1.807) is 6.07 Å². The molecule has 5 heteroatoms. The molecule has 1 aliphatic heterocycles. The standard InChI is InChI=1S/C12H16BrFN2O/c1-16-4-5-17-10(8-16)7-15-12-3-2-9(13)6-11(12)14/h2-3,6,10,15H,4-5,7-8H2,1H3. The van der Waals surface area contributed by atoms with E-state index in [1.165, 1.54) is 6.07 Å². The highest BCUT2D eigenvalue weighted by Crippen LogP contribution is 2.19. The first-order valence-corrected chi connectivity index (χ1v) is 6.43. The number of nitrogens with one attached hydrogen (secondary N) is 1. The molecule has 1 heterocycles. The Labute approximate surface area is 109 Å². The number of rotatable bonds is 3. The van der Waals surface area contributed by atoms with E-state index in [9.17, 15) is 4.39 Å². The number of benzene rings is 1. The van der Waals surface area contributed by atoms with Gasteiger partial charge in [-0.3, -0.25) is 0 Å². The highest BCUT2D eigenvalue weighted by atomic mass is 79.9. The van der Waals surface area contributed by atoms with E-state index in [2.05, 4.69) is 33.2 Å². The van der Waals surface area contributed by atoms with Gasteiger partial charge in [-0.2, -0.15) is 0 Å². The fourth-order valence-corrected chi connectivity index (χ4v) is 2.18. The quantitative estimate of drug-likeness (QED) is 0.927. The van der Waals surface area contributed by atoms with Crippen LogP contribution in [0.1, 0.15) is 0 Å². The van der Waals surface area contributed by atoms with Crippen LogP contribution < -0.4 is 5.32 Å². The van der Waals surface area contributed by atoms with E-state index in [0.717, 1.165) is 24.2 Å². The van der Waals surface area contributed by atoms with Gasteiger partial charge in [0.1, 0.15) is 5.82 Å². The molecule has 1 fully saturated rings. The molecule has 1 aromatic rings. The monoisotopic (exact) mass is 302 g/mol. The molecular weight excluding hydrogens is 287 g/mol. The summed E-state index contributed by atoms with van der Waals surface area (Å²) in [6.45, 7) is 3.21. The molecule has 1 unspecified atom stereocenters. The molecular formula is C12H16BrFN2O. The average Bonchev–Trinajstić information content (AvgIpc) is 2.28. The van der Waals surface area contributed by atoms with Crippen molar-refractivity contribution < 1.29 is 9.13 Å². The Morgan fingerprint density at radius 1 is 1.59 bits per heavy atom. The number of halogens is 2. The fourth-order valence-electron chi connectivity index (χ4n) is 1.85. The van der Waals surface area contributed by atoms with Gasteiger partial charge in [-0.05, 0) is 25.2 Å². The van der Waals surface area contributed by atoms with Gasteiger partial charge < -0.3 is 15.0 Å². The minimum Gasteiger partial charge on any atom is -0.380 e. The molecule has 2 rings (SSSR count). The van der Waals surface area contributed by atoms with Crippen molar-refractivity contribution in [3.63, 3.8) is 0 Å². The molecule has 0 aromatic heterocycles. The number of anilines is 1. The zero-order valence-corrected chi connectivity index (χ0v) is 11.3. The Morgan fingerprint density at radius 3 is 3.12 bits per heavy atom. The van der Waals surface area contributed by atoms with Gasteiger partial charge >= 0.3 is 0 Å². The molecule has 0 spiro atoms. The van der Waals surface area contributed by atoms with E-state index < -0.39 is 0 Å². The highest BCUT2D eigenvalue weighted by Gasteiger charge is 2.17. The lowest BCUT2D eigenvalue weighted by Gasteiger charge is -2.30. The van der Waals surface area contributed by atoms with Crippen LogP contribution in [-0.4, -0.2) is 44.3 Å². The van der Waals surface area contributed by atoms with Crippen molar-refractivity contribution >= 4 is 21.6 Å². The molecule has 1 saturated heterocycles. The van der Waals surface area contributed by atoms with Crippen LogP contribution in [0.4, 0.5) is 10.1 Å². The maximum absolute atomic E-state index is 13.5. The summed E-state index contributed by atoms with van der Waals surface area (Å²) >= 11 is 3.23. The topological polar surface area (TPSA) is 24.5 Å². The Hall–Kier alpha value is -0.650. The summed E-state index contributed by atoms with van der Waals surface area (Å²) in [6.07, 6.45) is 0.122.